The van der Waals surface area contributed by atoms with E-state index in [2.05, 4.69) is 33.0 Å². The average Bonchev–Trinajstić information content (AvgIpc) is 2.24. The highest BCUT2D eigenvalue weighted by atomic mass is 16.5. The van der Waals surface area contributed by atoms with E-state index >= 15 is 0 Å². The van der Waals surface area contributed by atoms with Gasteiger partial charge in [-0.1, -0.05) is 33.6 Å². The molecule has 2 atom stereocenters. The minimum atomic E-state index is 0.434. The fraction of sp³-hybridized carbons (Fsp3) is 1.00. The summed E-state index contributed by atoms with van der Waals surface area (Å²) in [6.07, 6.45) is 5.52. The van der Waals surface area contributed by atoms with Gasteiger partial charge in [0, 0.05) is 19.2 Å². The van der Waals surface area contributed by atoms with Gasteiger partial charge in [-0.05, 0) is 31.1 Å². The molecule has 0 heterocycles. The predicted molar refractivity (Wildman–Crippen MR) is 69.7 cm³/mol. The topological polar surface area (TPSA) is 21.3 Å². The van der Waals surface area contributed by atoms with Crippen LogP contribution in [0.15, 0.2) is 0 Å². The number of hydrogen-bond acceptors (Lipinski definition) is 2. The summed E-state index contributed by atoms with van der Waals surface area (Å²) >= 11 is 0. The first-order valence-corrected chi connectivity index (χ1v) is 6.87. The van der Waals surface area contributed by atoms with Gasteiger partial charge >= 0.3 is 0 Å². The van der Waals surface area contributed by atoms with Gasteiger partial charge in [-0.25, -0.2) is 0 Å². The zero-order valence-electron chi connectivity index (χ0n) is 11.5. The SMILES string of the molecule is CCOCCNC1CCCCC1C(C)(C)C. The van der Waals surface area contributed by atoms with Gasteiger partial charge in [0.1, 0.15) is 0 Å². The first-order valence-electron chi connectivity index (χ1n) is 6.87. The quantitative estimate of drug-likeness (QED) is 0.728. The van der Waals surface area contributed by atoms with Crippen molar-refractivity contribution < 1.29 is 4.74 Å². The standard InChI is InChI=1S/C14H29NO/c1-5-16-11-10-15-13-9-7-6-8-12(13)14(2,3)4/h12-13,15H,5-11H2,1-4H3. The fourth-order valence-electron chi connectivity index (χ4n) is 2.87. The maximum atomic E-state index is 5.38. The molecule has 2 unspecified atom stereocenters. The Bertz CT molecular complexity index is 186. The van der Waals surface area contributed by atoms with Crippen molar-refractivity contribution in [3.63, 3.8) is 0 Å². The van der Waals surface area contributed by atoms with Crippen LogP contribution in [0, 0.1) is 11.3 Å². The Labute approximate surface area is 101 Å². The Morgan fingerprint density at radius 2 is 1.88 bits per heavy atom. The summed E-state index contributed by atoms with van der Waals surface area (Å²) in [6.45, 7) is 11.9. The lowest BCUT2D eigenvalue weighted by Gasteiger charge is -2.41. The van der Waals surface area contributed by atoms with Crippen molar-refractivity contribution in [3.05, 3.63) is 0 Å². The van der Waals surface area contributed by atoms with Gasteiger partial charge in [-0.15, -0.1) is 0 Å². The molecule has 0 aromatic heterocycles. The van der Waals surface area contributed by atoms with E-state index in [-0.39, 0.29) is 0 Å². The molecule has 1 aliphatic rings. The lowest BCUT2D eigenvalue weighted by Crippen LogP contribution is -2.45. The van der Waals surface area contributed by atoms with Gasteiger partial charge in [-0.3, -0.25) is 0 Å². The Balaban J connectivity index is 2.35. The summed E-state index contributed by atoms with van der Waals surface area (Å²) in [5.41, 5.74) is 0.434. The molecule has 0 amide bonds. The largest absolute Gasteiger partial charge is 0.380 e. The Kier molecular flexibility index (Phi) is 5.77. The molecule has 0 spiro atoms. The zero-order chi connectivity index (χ0) is 12.0. The van der Waals surface area contributed by atoms with Crippen LogP contribution in [0.3, 0.4) is 0 Å². The summed E-state index contributed by atoms with van der Waals surface area (Å²) in [6, 6.07) is 0.703. The first-order chi connectivity index (χ1) is 7.55. The molecule has 1 fully saturated rings. The molecule has 0 saturated heterocycles. The second-order valence-electron chi connectivity index (χ2n) is 6.01. The summed E-state index contributed by atoms with van der Waals surface area (Å²) < 4.78 is 5.38. The van der Waals surface area contributed by atoms with Crippen molar-refractivity contribution in [2.75, 3.05) is 19.8 Å². The normalized spacial score (nSPS) is 27.0. The van der Waals surface area contributed by atoms with Crippen LogP contribution in [-0.4, -0.2) is 25.8 Å². The van der Waals surface area contributed by atoms with Gasteiger partial charge < -0.3 is 10.1 Å². The van der Waals surface area contributed by atoms with Crippen LogP contribution in [0.2, 0.25) is 0 Å². The third kappa shape index (κ3) is 4.42. The van der Waals surface area contributed by atoms with Crippen LogP contribution in [-0.2, 0) is 4.74 Å². The number of ether oxygens (including phenoxy) is 1. The second kappa shape index (κ2) is 6.61. The van der Waals surface area contributed by atoms with Crippen LogP contribution in [0.4, 0.5) is 0 Å². The Hall–Kier alpha value is -0.0800. The predicted octanol–water partition coefficient (Wildman–Crippen LogP) is 3.22. The van der Waals surface area contributed by atoms with E-state index in [0.29, 0.717) is 11.5 Å². The van der Waals surface area contributed by atoms with Crippen molar-refractivity contribution in [1.82, 2.24) is 5.32 Å². The van der Waals surface area contributed by atoms with Crippen LogP contribution >= 0.6 is 0 Å². The Morgan fingerprint density at radius 1 is 1.19 bits per heavy atom. The van der Waals surface area contributed by atoms with E-state index in [1.807, 2.05) is 0 Å². The van der Waals surface area contributed by atoms with Crippen molar-refractivity contribution >= 4 is 0 Å². The lowest BCUT2D eigenvalue weighted by atomic mass is 9.69. The number of rotatable bonds is 5. The summed E-state index contributed by atoms with van der Waals surface area (Å²) in [5.74, 6) is 0.822. The van der Waals surface area contributed by atoms with Gasteiger partial charge in [0.2, 0.25) is 0 Å². The van der Waals surface area contributed by atoms with Crippen LogP contribution in [0.25, 0.3) is 0 Å². The minimum Gasteiger partial charge on any atom is -0.380 e. The summed E-state index contributed by atoms with van der Waals surface area (Å²) in [5, 5.41) is 3.69. The molecular formula is C14H29NO. The van der Waals surface area contributed by atoms with E-state index in [1.165, 1.54) is 25.7 Å². The molecule has 0 aromatic rings. The van der Waals surface area contributed by atoms with E-state index in [0.717, 1.165) is 25.7 Å². The van der Waals surface area contributed by atoms with E-state index in [1.54, 1.807) is 0 Å². The minimum absolute atomic E-state index is 0.434. The highest BCUT2D eigenvalue weighted by molar-refractivity contribution is 4.88. The summed E-state index contributed by atoms with van der Waals surface area (Å²) in [4.78, 5) is 0. The average molecular weight is 227 g/mol. The molecule has 1 aliphatic carbocycles. The van der Waals surface area contributed by atoms with Crippen LogP contribution in [0.5, 0.6) is 0 Å². The van der Waals surface area contributed by atoms with Crippen molar-refractivity contribution in [2.45, 2.75) is 59.4 Å². The molecule has 16 heavy (non-hydrogen) atoms. The van der Waals surface area contributed by atoms with E-state index < -0.39 is 0 Å². The molecular weight excluding hydrogens is 198 g/mol. The highest BCUT2D eigenvalue weighted by Crippen LogP contribution is 2.37. The van der Waals surface area contributed by atoms with Crippen molar-refractivity contribution in [1.29, 1.82) is 0 Å². The molecule has 0 radical (unpaired) electrons. The van der Waals surface area contributed by atoms with Crippen LogP contribution in [0.1, 0.15) is 53.4 Å². The molecule has 96 valence electrons. The monoisotopic (exact) mass is 227 g/mol. The van der Waals surface area contributed by atoms with E-state index in [9.17, 15) is 0 Å². The fourth-order valence-corrected chi connectivity index (χ4v) is 2.87. The molecule has 1 N–H and O–H groups in total. The van der Waals surface area contributed by atoms with Crippen molar-refractivity contribution in [2.24, 2.45) is 11.3 Å². The van der Waals surface area contributed by atoms with Crippen molar-refractivity contribution in [3.8, 4) is 0 Å². The smallest absolute Gasteiger partial charge is 0.0590 e. The lowest BCUT2D eigenvalue weighted by molar-refractivity contribution is 0.110. The van der Waals surface area contributed by atoms with Gasteiger partial charge in [0.15, 0.2) is 0 Å². The highest BCUT2D eigenvalue weighted by Gasteiger charge is 2.33. The molecule has 2 nitrogen and oxygen atoms in total. The molecule has 0 aromatic carbocycles. The molecule has 2 heteroatoms. The zero-order valence-corrected chi connectivity index (χ0v) is 11.5. The Morgan fingerprint density at radius 3 is 2.50 bits per heavy atom. The van der Waals surface area contributed by atoms with Crippen LogP contribution < -0.4 is 5.32 Å². The molecule has 1 saturated carbocycles. The molecule has 0 bridgehead atoms. The third-order valence-corrected chi connectivity index (χ3v) is 3.74. The molecule has 1 rings (SSSR count). The van der Waals surface area contributed by atoms with Gasteiger partial charge in [0.25, 0.3) is 0 Å². The maximum absolute atomic E-state index is 5.38. The van der Waals surface area contributed by atoms with Gasteiger partial charge in [-0.2, -0.15) is 0 Å². The maximum Gasteiger partial charge on any atom is 0.0590 e. The van der Waals surface area contributed by atoms with E-state index in [4.69, 9.17) is 4.74 Å². The first kappa shape index (κ1) is 14.0. The molecule has 0 aliphatic heterocycles. The van der Waals surface area contributed by atoms with Gasteiger partial charge in [0.05, 0.1) is 6.61 Å². The third-order valence-electron chi connectivity index (χ3n) is 3.74. The second-order valence-corrected chi connectivity index (χ2v) is 6.01. The number of hydrogen-bond donors (Lipinski definition) is 1. The number of nitrogens with one attached hydrogen (secondary N) is 1. The summed E-state index contributed by atoms with van der Waals surface area (Å²) in [7, 11) is 0.